The molecule has 1 aromatic heterocycles. The number of fused-ring (bicyclic) bond motifs is 1. The Kier molecular flexibility index (Phi) is 4.85. The molecule has 4 nitrogen and oxygen atoms in total. The lowest BCUT2D eigenvalue weighted by atomic mass is 10.0. The van der Waals surface area contributed by atoms with Crippen LogP contribution in [0.5, 0.6) is 0 Å². The summed E-state index contributed by atoms with van der Waals surface area (Å²) >= 11 is 0. The number of anilines is 1. The third-order valence-electron chi connectivity index (χ3n) is 4.93. The van der Waals surface area contributed by atoms with E-state index < -0.39 is 0 Å². The Labute approximate surface area is 155 Å². The standard InChI is InChI=1S/C22H26N4/c1-16(2)25-22-20-13-19(8-9-21(20)23-15-24-22)18-7-5-6-17(12-18)14-26-10-3-4-11-26/h5-9,12-13,15-16H,3-4,10-11,14H2,1-2H3,(H,23,24,25). The van der Waals surface area contributed by atoms with Crippen molar-refractivity contribution in [1.29, 1.82) is 0 Å². The van der Waals surface area contributed by atoms with Crippen LogP contribution in [-0.2, 0) is 6.54 Å². The van der Waals surface area contributed by atoms with Crippen molar-refractivity contribution in [3.63, 3.8) is 0 Å². The maximum Gasteiger partial charge on any atom is 0.137 e. The molecule has 4 heteroatoms. The van der Waals surface area contributed by atoms with E-state index in [1.807, 2.05) is 0 Å². The van der Waals surface area contributed by atoms with Gasteiger partial charge in [-0.05, 0) is 74.7 Å². The molecular weight excluding hydrogens is 320 g/mol. The maximum absolute atomic E-state index is 4.44. The zero-order chi connectivity index (χ0) is 17.9. The lowest BCUT2D eigenvalue weighted by molar-refractivity contribution is 0.331. The van der Waals surface area contributed by atoms with Gasteiger partial charge in [0, 0.05) is 18.0 Å². The van der Waals surface area contributed by atoms with E-state index in [1.165, 1.54) is 42.6 Å². The molecule has 0 saturated carbocycles. The zero-order valence-corrected chi connectivity index (χ0v) is 15.6. The highest BCUT2D eigenvalue weighted by molar-refractivity contribution is 5.92. The molecule has 0 spiro atoms. The van der Waals surface area contributed by atoms with Gasteiger partial charge in [0.2, 0.25) is 0 Å². The van der Waals surface area contributed by atoms with Crippen molar-refractivity contribution < 1.29 is 0 Å². The first kappa shape index (κ1) is 17.0. The molecule has 134 valence electrons. The van der Waals surface area contributed by atoms with Gasteiger partial charge < -0.3 is 5.32 Å². The van der Waals surface area contributed by atoms with Gasteiger partial charge in [-0.15, -0.1) is 0 Å². The number of hydrogen-bond acceptors (Lipinski definition) is 4. The molecule has 2 aromatic carbocycles. The van der Waals surface area contributed by atoms with Gasteiger partial charge >= 0.3 is 0 Å². The lowest BCUT2D eigenvalue weighted by Crippen LogP contribution is -2.18. The van der Waals surface area contributed by atoms with E-state index in [1.54, 1.807) is 6.33 Å². The van der Waals surface area contributed by atoms with Gasteiger partial charge in [-0.2, -0.15) is 0 Å². The quantitative estimate of drug-likeness (QED) is 0.726. The summed E-state index contributed by atoms with van der Waals surface area (Å²) < 4.78 is 0. The molecular formula is C22H26N4. The molecule has 1 aliphatic heterocycles. The second-order valence-electron chi connectivity index (χ2n) is 7.44. The van der Waals surface area contributed by atoms with Crippen molar-refractivity contribution in [2.45, 2.75) is 39.3 Å². The van der Waals surface area contributed by atoms with Gasteiger partial charge in [0.15, 0.2) is 0 Å². The number of nitrogens with one attached hydrogen (secondary N) is 1. The molecule has 1 aliphatic rings. The smallest absolute Gasteiger partial charge is 0.137 e. The highest BCUT2D eigenvalue weighted by Gasteiger charge is 2.12. The topological polar surface area (TPSA) is 41.1 Å². The molecule has 0 amide bonds. The second kappa shape index (κ2) is 7.42. The molecule has 0 radical (unpaired) electrons. The molecule has 1 saturated heterocycles. The van der Waals surface area contributed by atoms with Crippen molar-refractivity contribution in [1.82, 2.24) is 14.9 Å². The van der Waals surface area contributed by atoms with Crippen LogP contribution in [-0.4, -0.2) is 34.0 Å². The fourth-order valence-corrected chi connectivity index (χ4v) is 3.67. The summed E-state index contributed by atoms with van der Waals surface area (Å²) in [5.74, 6) is 0.903. The van der Waals surface area contributed by atoms with Crippen LogP contribution in [0.3, 0.4) is 0 Å². The van der Waals surface area contributed by atoms with Crippen molar-refractivity contribution >= 4 is 16.7 Å². The van der Waals surface area contributed by atoms with Crippen LogP contribution >= 0.6 is 0 Å². The van der Waals surface area contributed by atoms with Crippen LogP contribution in [0, 0.1) is 0 Å². The van der Waals surface area contributed by atoms with Crippen LogP contribution in [0.15, 0.2) is 48.8 Å². The average molecular weight is 346 g/mol. The first-order valence-corrected chi connectivity index (χ1v) is 9.52. The minimum atomic E-state index is 0.334. The summed E-state index contributed by atoms with van der Waals surface area (Å²) in [7, 11) is 0. The number of hydrogen-bond donors (Lipinski definition) is 1. The van der Waals surface area contributed by atoms with Crippen LogP contribution in [0.25, 0.3) is 22.0 Å². The second-order valence-corrected chi connectivity index (χ2v) is 7.44. The van der Waals surface area contributed by atoms with Gasteiger partial charge in [0.05, 0.1) is 5.52 Å². The summed E-state index contributed by atoms with van der Waals surface area (Å²) in [5.41, 5.74) is 4.82. The van der Waals surface area contributed by atoms with E-state index in [9.17, 15) is 0 Å². The van der Waals surface area contributed by atoms with Gasteiger partial charge in [-0.1, -0.05) is 24.3 Å². The maximum atomic E-state index is 4.44. The number of benzene rings is 2. The Morgan fingerprint density at radius 1 is 1.00 bits per heavy atom. The largest absolute Gasteiger partial charge is 0.367 e. The van der Waals surface area contributed by atoms with Gasteiger partial charge in [-0.25, -0.2) is 9.97 Å². The Balaban J connectivity index is 1.67. The lowest BCUT2D eigenvalue weighted by Gasteiger charge is -2.15. The van der Waals surface area contributed by atoms with Crippen LogP contribution in [0.2, 0.25) is 0 Å². The summed E-state index contributed by atoms with van der Waals surface area (Å²) in [5, 5.41) is 4.50. The SMILES string of the molecule is CC(C)Nc1ncnc2ccc(-c3cccc(CN4CCCC4)c3)cc12. The van der Waals surface area contributed by atoms with Gasteiger partial charge in [0.1, 0.15) is 12.1 Å². The Bertz CT molecular complexity index is 898. The molecule has 0 aliphatic carbocycles. The number of aromatic nitrogens is 2. The Morgan fingerprint density at radius 3 is 2.62 bits per heavy atom. The molecule has 1 N–H and O–H groups in total. The third-order valence-corrected chi connectivity index (χ3v) is 4.93. The monoisotopic (exact) mass is 346 g/mol. The van der Waals surface area contributed by atoms with Gasteiger partial charge in [-0.3, -0.25) is 4.90 Å². The number of nitrogens with zero attached hydrogens (tertiary/aromatic N) is 3. The highest BCUT2D eigenvalue weighted by atomic mass is 15.1. The van der Waals surface area contributed by atoms with Crippen LogP contribution < -0.4 is 5.32 Å². The predicted octanol–water partition coefficient (Wildman–Crippen LogP) is 4.71. The minimum absolute atomic E-state index is 0.334. The predicted molar refractivity (Wildman–Crippen MR) is 108 cm³/mol. The molecule has 4 rings (SSSR count). The number of rotatable bonds is 5. The summed E-state index contributed by atoms with van der Waals surface area (Å²) in [6.07, 6.45) is 4.29. The van der Waals surface area contributed by atoms with E-state index in [4.69, 9.17) is 0 Å². The summed E-state index contributed by atoms with van der Waals surface area (Å²) in [4.78, 5) is 11.4. The minimum Gasteiger partial charge on any atom is -0.367 e. The fraction of sp³-hybridized carbons (Fsp3) is 0.364. The first-order valence-electron chi connectivity index (χ1n) is 9.52. The molecule has 0 atom stereocenters. The van der Waals surface area contributed by atoms with E-state index in [0.717, 1.165) is 23.3 Å². The molecule has 26 heavy (non-hydrogen) atoms. The fourth-order valence-electron chi connectivity index (χ4n) is 3.67. The number of likely N-dealkylation sites (tertiary alicyclic amines) is 1. The van der Waals surface area contributed by atoms with Gasteiger partial charge in [0.25, 0.3) is 0 Å². The van der Waals surface area contributed by atoms with Crippen LogP contribution in [0.4, 0.5) is 5.82 Å². The molecule has 2 heterocycles. The Hall–Kier alpha value is -2.46. The van der Waals surface area contributed by atoms with E-state index in [0.29, 0.717) is 6.04 Å². The average Bonchev–Trinajstić information content (AvgIpc) is 3.14. The summed E-state index contributed by atoms with van der Waals surface area (Å²) in [6, 6.07) is 15.7. The van der Waals surface area contributed by atoms with E-state index in [-0.39, 0.29) is 0 Å². The van der Waals surface area contributed by atoms with Crippen LogP contribution in [0.1, 0.15) is 32.3 Å². The zero-order valence-electron chi connectivity index (χ0n) is 15.6. The molecule has 0 bridgehead atoms. The highest BCUT2D eigenvalue weighted by Crippen LogP contribution is 2.28. The normalized spacial score (nSPS) is 15.0. The van der Waals surface area contributed by atoms with Crippen molar-refractivity contribution in [3.05, 3.63) is 54.4 Å². The van der Waals surface area contributed by atoms with E-state index in [2.05, 4.69) is 76.5 Å². The first-order chi connectivity index (χ1) is 12.7. The molecule has 3 aromatic rings. The third kappa shape index (κ3) is 3.70. The molecule has 0 unspecified atom stereocenters. The van der Waals surface area contributed by atoms with E-state index >= 15 is 0 Å². The summed E-state index contributed by atoms with van der Waals surface area (Å²) in [6.45, 7) is 7.74. The van der Waals surface area contributed by atoms with Crippen molar-refractivity contribution in [3.8, 4) is 11.1 Å². The molecule has 1 fully saturated rings. The Morgan fingerprint density at radius 2 is 1.81 bits per heavy atom. The van der Waals surface area contributed by atoms with Crippen molar-refractivity contribution in [2.24, 2.45) is 0 Å². The van der Waals surface area contributed by atoms with Crippen molar-refractivity contribution in [2.75, 3.05) is 18.4 Å².